The maximum atomic E-state index is 12.4. The molecule has 1 saturated heterocycles. The summed E-state index contributed by atoms with van der Waals surface area (Å²) in [6.45, 7) is 3.09. The van der Waals surface area contributed by atoms with Crippen LogP contribution in [-0.4, -0.2) is 23.4 Å². The first-order valence-corrected chi connectivity index (χ1v) is 7.63. The zero-order valence-electron chi connectivity index (χ0n) is 10.2. The van der Waals surface area contributed by atoms with Gasteiger partial charge in [-0.25, -0.2) is 0 Å². The van der Waals surface area contributed by atoms with Crippen molar-refractivity contribution in [2.24, 2.45) is 0 Å². The number of rotatable bonds is 2. The molecule has 0 radical (unpaired) electrons. The number of thiol groups is 1. The van der Waals surface area contributed by atoms with Crippen molar-refractivity contribution >= 4 is 29.9 Å². The van der Waals surface area contributed by atoms with E-state index in [4.69, 9.17) is 0 Å². The zero-order chi connectivity index (χ0) is 12.3. The molecule has 0 aromatic carbocycles. The maximum Gasteiger partial charge on any atom is 0.264 e. The first-order valence-electron chi connectivity index (χ1n) is 6.31. The highest BCUT2D eigenvalue weighted by atomic mass is 32.1. The lowest BCUT2D eigenvalue weighted by Crippen LogP contribution is -2.39. The normalized spacial score (nSPS) is 21.3. The predicted octanol–water partition coefficient (Wildman–Crippen LogP) is 3.83. The third kappa shape index (κ3) is 3.05. The van der Waals surface area contributed by atoms with Crippen molar-refractivity contribution in [3.63, 3.8) is 0 Å². The molecule has 17 heavy (non-hydrogen) atoms. The van der Waals surface area contributed by atoms with Crippen LogP contribution >= 0.6 is 24.0 Å². The van der Waals surface area contributed by atoms with Crippen LogP contribution in [0.25, 0.3) is 0 Å². The first kappa shape index (κ1) is 13.0. The Kier molecular flexibility index (Phi) is 4.51. The SMILES string of the molecule is CCC1CCCCCN1C(=O)c1cc(S)cs1. The highest BCUT2D eigenvalue weighted by Crippen LogP contribution is 2.25. The van der Waals surface area contributed by atoms with E-state index in [9.17, 15) is 4.79 Å². The van der Waals surface area contributed by atoms with Crippen molar-refractivity contribution in [3.8, 4) is 0 Å². The van der Waals surface area contributed by atoms with Gasteiger partial charge in [0, 0.05) is 22.9 Å². The molecule has 0 spiro atoms. The fraction of sp³-hybridized carbons (Fsp3) is 0.615. The van der Waals surface area contributed by atoms with Gasteiger partial charge in [-0.15, -0.1) is 24.0 Å². The molecule has 2 nitrogen and oxygen atoms in total. The van der Waals surface area contributed by atoms with Gasteiger partial charge in [0.15, 0.2) is 0 Å². The molecule has 1 amide bonds. The summed E-state index contributed by atoms with van der Waals surface area (Å²) >= 11 is 5.77. The van der Waals surface area contributed by atoms with E-state index in [0.29, 0.717) is 6.04 Å². The number of likely N-dealkylation sites (tertiary alicyclic amines) is 1. The average Bonchev–Trinajstić information content (AvgIpc) is 2.64. The number of hydrogen-bond acceptors (Lipinski definition) is 3. The second kappa shape index (κ2) is 5.91. The lowest BCUT2D eigenvalue weighted by atomic mass is 10.1. The number of thiophene rings is 1. The summed E-state index contributed by atoms with van der Waals surface area (Å²) in [6.07, 6.45) is 5.86. The maximum absolute atomic E-state index is 12.4. The largest absolute Gasteiger partial charge is 0.335 e. The van der Waals surface area contributed by atoms with Crippen molar-refractivity contribution in [1.29, 1.82) is 0 Å². The van der Waals surface area contributed by atoms with Gasteiger partial charge in [0.1, 0.15) is 0 Å². The summed E-state index contributed by atoms with van der Waals surface area (Å²) < 4.78 is 0. The molecule has 4 heteroatoms. The molecule has 1 unspecified atom stereocenters. The van der Waals surface area contributed by atoms with Gasteiger partial charge >= 0.3 is 0 Å². The number of carbonyl (C=O) groups is 1. The summed E-state index contributed by atoms with van der Waals surface area (Å²) in [7, 11) is 0. The molecule has 1 atom stereocenters. The third-order valence-electron chi connectivity index (χ3n) is 3.41. The molecule has 1 aromatic heterocycles. The van der Waals surface area contributed by atoms with E-state index in [1.54, 1.807) is 0 Å². The number of hydrogen-bond donors (Lipinski definition) is 1. The molecule has 2 heterocycles. The van der Waals surface area contributed by atoms with Crippen LogP contribution in [0.3, 0.4) is 0 Å². The Labute approximate surface area is 112 Å². The molecule has 1 aliphatic rings. The number of carbonyl (C=O) groups excluding carboxylic acids is 1. The monoisotopic (exact) mass is 269 g/mol. The van der Waals surface area contributed by atoms with E-state index < -0.39 is 0 Å². The van der Waals surface area contributed by atoms with Crippen LogP contribution in [0.15, 0.2) is 16.3 Å². The van der Waals surface area contributed by atoms with Gasteiger partial charge in [0.2, 0.25) is 0 Å². The molecule has 2 rings (SSSR count). The molecule has 1 fully saturated rings. The van der Waals surface area contributed by atoms with E-state index in [1.165, 1.54) is 24.2 Å². The van der Waals surface area contributed by atoms with E-state index >= 15 is 0 Å². The number of nitrogens with zero attached hydrogens (tertiary/aromatic N) is 1. The standard InChI is InChI=1S/C13H19NOS2/c1-2-10-6-4-3-5-7-14(10)13(15)12-8-11(16)9-17-12/h8-10,16H,2-7H2,1H3. The van der Waals surface area contributed by atoms with Crippen LogP contribution in [0.5, 0.6) is 0 Å². The smallest absolute Gasteiger partial charge is 0.264 e. The Bertz CT molecular complexity index is 389. The minimum Gasteiger partial charge on any atom is -0.335 e. The summed E-state index contributed by atoms with van der Waals surface area (Å²) in [6, 6.07) is 2.31. The second-order valence-corrected chi connectivity index (χ2v) is 6.01. The summed E-state index contributed by atoms with van der Waals surface area (Å²) in [5.74, 6) is 0.198. The molecule has 0 bridgehead atoms. The van der Waals surface area contributed by atoms with E-state index in [0.717, 1.165) is 35.6 Å². The lowest BCUT2D eigenvalue weighted by Gasteiger charge is -2.28. The Morgan fingerprint density at radius 2 is 2.35 bits per heavy atom. The minimum absolute atomic E-state index is 0.198. The van der Waals surface area contributed by atoms with Crippen LogP contribution in [0.1, 0.15) is 48.7 Å². The molecule has 0 saturated carbocycles. The van der Waals surface area contributed by atoms with Crippen LogP contribution in [0.4, 0.5) is 0 Å². The van der Waals surface area contributed by atoms with Gasteiger partial charge in [-0.3, -0.25) is 4.79 Å². The predicted molar refractivity (Wildman–Crippen MR) is 75.2 cm³/mol. The van der Waals surface area contributed by atoms with Crippen LogP contribution in [0, 0.1) is 0 Å². The molecular weight excluding hydrogens is 250 g/mol. The number of amides is 1. The fourth-order valence-electron chi connectivity index (χ4n) is 2.45. The van der Waals surface area contributed by atoms with Crippen molar-refractivity contribution < 1.29 is 4.79 Å². The van der Waals surface area contributed by atoms with Gasteiger partial charge < -0.3 is 4.90 Å². The van der Waals surface area contributed by atoms with E-state index in [1.807, 2.05) is 11.4 Å². The van der Waals surface area contributed by atoms with Gasteiger partial charge in [0.25, 0.3) is 5.91 Å². The molecule has 94 valence electrons. The summed E-state index contributed by atoms with van der Waals surface area (Å²) in [5, 5.41) is 1.93. The molecule has 0 aliphatic carbocycles. The highest BCUT2D eigenvalue weighted by molar-refractivity contribution is 7.80. The average molecular weight is 269 g/mol. The quantitative estimate of drug-likeness (QED) is 0.809. The molecular formula is C13H19NOS2. The van der Waals surface area contributed by atoms with E-state index in [2.05, 4.69) is 24.5 Å². The van der Waals surface area contributed by atoms with Gasteiger partial charge in [-0.2, -0.15) is 0 Å². The van der Waals surface area contributed by atoms with Crippen molar-refractivity contribution in [2.45, 2.75) is 50.0 Å². The first-order chi connectivity index (χ1) is 8.22. The zero-order valence-corrected chi connectivity index (χ0v) is 11.9. The van der Waals surface area contributed by atoms with Crippen molar-refractivity contribution in [2.75, 3.05) is 6.54 Å². The molecule has 1 aliphatic heterocycles. The van der Waals surface area contributed by atoms with E-state index in [-0.39, 0.29) is 5.91 Å². The second-order valence-electron chi connectivity index (χ2n) is 4.58. The topological polar surface area (TPSA) is 20.3 Å². The van der Waals surface area contributed by atoms with Crippen LogP contribution < -0.4 is 0 Å². The van der Waals surface area contributed by atoms with Gasteiger partial charge in [0.05, 0.1) is 4.88 Å². The van der Waals surface area contributed by atoms with Crippen LogP contribution in [-0.2, 0) is 0 Å². The van der Waals surface area contributed by atoms with Gasteiger partial charge in [-0.05, 0) is 25.3 Å². The third-order valence-corrected chi connectivity index (χ3v) is 4.76. The Morgan fingerprint density at radius 3 is 3.00 bits per heavy atom. The molecule has 0 N–H and O–H groups in total. The lowest BCUT2D eigenvalue weighted by molar-refractivity contribution is 0.0683. The molecule has 1 aromatic rings. The fourth-order valence-corrected chi connectivity index (χ4v) is 3.55. The van der Waals surface area contributed by atoms with Gasteiger partial charge in [-0.1, -0.05) is 19.8 Å². The summed E-state index contributed by atoms with van der Waals surface area (Å²) in [4.78, 5) is 16.2. The Hall–Kier alpha value is -0.480. The summed E-state index contributed by atoms with van der Waals surface area (Å²) in [5.41, 5.74) is 0. The Balaban J connectivity index is 2.15. The minimum atomic E-state index is 0.198. The van der Waals surface area contributed by atoms with Crippen LogP contribution in [0.2, 0.25) is 0 Å². The Morgan fingerprint density at radius 1 is 1.53 bits per heavy atom. The van der Waals surface area contributed by atoms with Crippen molar-refractivity contribution in [1.82, 2.24) is 4.90 Å². The highest BCUT2D eigenvalue weighted by Gasteiger charge is 2.25. The van der Waals surface area contributed by atoms with Crippen molar-refractivity contribution in [3.05, 3.63) is 16.3 Å².